The van der Waals surface area contributed by atoms with Crippen molar-refractivity contribution in [2.45, 2.75) is 12.6 Å². The Morgan fingerprint density at radius 2 is 1.79 bits per heavy atom. The molecule has 0 saturated heterocycles. The molecule has 2 aromatic carbocycles. The van der Waals surface area contributed by atoms with Crippen molar-refractivity contribution in [2.24, 2.45) is 0 Å². The first-order valence-corrected chi connectivity index (χ1v) is 8.09. The van der Waals surface area contributed by atoms with E-state index in [0.717, 1.165) is 6.07 Å². The van der Waals surface area contributed by atoms with Crippen LogP contribution in [0.25, 0.3) is 11.5 Å². The van der Waals surface area contributed by atoms with Gasteiger partial charge < -0.3 is 9.73 Å². The van der Waals surface area contributed by atoms with Crippen molar-refractivity contribution < 1.29 is 31.2 Å². The zero-order chi connectivity index (χ0) is 20.3. The molecule has 0 spiro atoms. The highest BCUT2D eigenvalue weighted by Gasteiger charge is 2.34. The van der Waals surface area contributed by atoms with Gasteiger partial charge in [-0.1, -0.05) is 0 Å². The quantitative estimate of drug-likeness (QED) is 0.641. The fourth-order valence-corrected chi connectivity index (χ4v) is 2.44. The lowest BCUT2D eigenvalue weighted by atomic mass is 10.1. The first-order chi connectivity index (χ1) is 13.2. The van der Waals surface area contributed by atoms with E-state index in [1.807, 2.05) is 0 Å². The fourth-order valence-electron chi connectivity index (χ4n) is 2.44. The maximum atomic E-state index is 13.3. The van der Waals surface area contributed by atoms with Crippen LogP contribution in [0.4, 0.5) is 22.0 Å². The number of carbonyl (C=O) groups excluding carboxylic acids is 1. The molecule has 28 heavy (non-hydrogen) atoms. The summed E-state index contributed by atoms with van der Waals surface area (Å²) in [6, 6.07) is 7.56. The maximum absolute atomic E-state index is 13.3. The topological polar surface area (TPSA) is 55.1 Å². The van der Waals surface area contributed by atoms with E-state index < -0.39 is 29.3 Å². The largest absolute Gasteiger partial charge is 0.444 e. The highest BCUT2D eigenvalue weighted by Crippen LogP contribution is 2.31. The standard InChI is InChI=1S/C19H13F5N2O2/c20-13-4-1-11(2-5-13)18-26-14(10-28-18)7-8-25-17(27)12-3-6-16(21)15(9-12)19(22,23)24/h1-6,9-10H,7-8H2,(H,25,27). The minimum atomic E-state index is -4.89. The number of nitrogens with one attached hydrogen (secondary N) is 1. The van der Waals surface area contributed by atoms with Gasteiger partial charge in [0.05, 0.1) is 11.3 Å². The summed E-state index contributed by atoms with van der Waals surface area (Å²) in [5, 5.41) is 2.44. The fraction of sp³-hybridized carbons (Fsp3) is 0.158. The van der Waals surface area contributed by atoms with Gasteiger partial charge in [0, 0.05) is 24.1 Å². The van der Waals surface area contributed by atoms with Crippen LogP contribution in [0.15, 0.2) is 53.1 Å². The van der Waals surface area contributed by atoms with E-state index in [-0.39, 0.29) is 24.4 Å². The van der Waals surface area contributed by atoms with Crippen molar-refractivity contribution in [1.29, 1.82) is 0 Å². The first-order valence-electron chi connectivity index (χ1n) is 8.09. The predicted octanol–water partition coefficient (Wildman–Crippen LogP) is 4.61. The number of halogens is 5. The average Bonchev–Trinajstić information content (AvgIpc) is 3.10. The second-order valence-electron chi connectivity index (χ2n) is 5.85. The molecule has 3 rings (SSSR count). The molecule has 0 radical (unpaired) electrons. The number of benzene rings is 2. The monoisotopic (exact) mass is 396 g/mol. The normalized spacial score (nSPS) is 11.5. The van der Waals surface area contributed by atoms with Gasteiger partial charge in [-0.15, -0.1) is 0 Å². The molecule has 1 aromatic heterocycles. The van der Waals surface area contributed by atoms with Crippen LogP contribution in [-0.2, 0) is 12.6 Å². The second kappa shape index (κ2) is 7.79. The van der Waals surface area contributed by atoms with Gasteiger partial charge in [0.25, 0.3) is 5.91 Å². The first kappa shape index (κ1) is 19.5. The summed E-state index contributed by atoms with van der Waals surface area (Å²) in [4.78, 5) is 16.2. The molecule has 0 fully saturated rings. The Kier molecular flexibility index (Phi) is 5.43. The van der Waals surface area contributed by atoms with Gasteiger partial charge in [0.1, 0.15) is 17.9 Å². The minimum Gasteiger partial charge on any atom is -0.444 e. The van der Waals surface area contributed by atoms with Gasteiger partial charge in [-0.25, -0.2) is 13.8 Å². The van der Waals surface area contributed by atoms with Crippen LogP contribution in [0.3, 0.4) is 0 Å². The lowest BCUT2D eigenvalue weighted by Gasteiger charge is -2.10. The number of hydrogen-bond donors (Lipinski definition) is 1. The zero-order valence-corrected chi connectivity index (χ0v) is 14.2. The highest BCUT2D eigenvalue weighted by molar-refractivity contribution is 5.94. The number of aromatic nitrogens is 1. The molecule has 0 aliphatic heterocycles. The summed E-state index contributed by atoms with van der Waals surface area (Å²) in [6.07, 6.45) is -3.27. The van der Waals surface area contributed by atoms with Gasteiger partial charge in [-0.05, 0) is 42.5 Å². The van der Waals surface area contributed by atoms with Gasteiger partial charge in [-0.2, -0.15) is 13.2 Å². The van der Waals surface area contributed by atoms with E-state index in [0.29, 0.717) is 23.4 Å². The van der Waals surface area contributed by atoms with E-state index in [4.69, 9.17) is 4.42 Å². The summed E-state index contributed by atoms with van der Waals surface area (Å²) in [6.45, 7) is 0.0763. The molecule has 4 nitrogen and oxygen atoms in total. The molecule has 3 aromatic rings. The molecule has 1 heterocycles. The third kappa shape index (κ3) is 4.54. The summed E-state index contributed by atoms with van der Waals surface area (Å²) < 4.78 is 69.6. The Hall–Kier alpha value is -3.23. The molecule has 0 aliphatic rings. The molecule has 1 amide bonds. The Balaban J connectivity index is 1.60. The molecule has 1 N–H and O–H groups in total. The molecular weight excluding hydrogens is 383 g/mol. The highest BCUT2D eigenvalue weighted by atomic mass is 19.4. The molecular formula is C19H13F5N2O2. The Morgan fingerprint density at radius 1 is 1.07 bits per heavy atom. The van der Waals surface area contributed by atoms with Crippen LogP contribution in [-0.4, -0.2) is 17.4 Å². The molecule has 0 saturated carbocycles. The van der Waals surface area contributed by atoms with Crippen molar-refractivity contribution in [1.82, 2.24) is 10.3 Å². The molecule has 0 unspecified atom stereocenters. The lowest BCUT2D eigenvalue weighted by Crippen LogP contribution is -2.26. The molecule has 0 aliphatic carbocycles. The van der Waals surface area contributed by atoms with Crippen LogP contribution < -0.4 is 5.32 Å². The van der Waals surface area contributed by atoms with Crippen molar-refractivity contribution in [2.75, 3.05) is 6.54 Å². The number of hydrogen-bond acceptors (Lipinski definition) is 3. The average molecular weight is 396 g/mol. The van der Waals surface area contributed by atoms with E-state index in [2.05, 4.69) is 10.3 Å². The van der Waals surface area contributed by atoms with Crippen molar-refractivity contribution in [3.8, 4) is 11.5 Å². The molecule has 0 bridgehead atoms. The summed E-state index contributed by atoms with van der Waals surface area (Å²) in [5.74, 6) is -2.34. The minimum absolute atomic E-state index is 0.0763. The van der Waals surface area contributed by atoms with Crippen molar-refractivity contribution in [3.05, 3.63) is 77.2 Å². The SMILES string of the molecule is O=C(NCCc1coc(-c2ccc(F)cc2)n1)c1ccc(F)c(C(F)(F)F)c1. The summed E-state index contributed by atoms with van der Waals surface area (Å²) in [7, 11) is 0. The van der Waals surface area contributed by atoms with Gasteiger partial charge in [0.2, 0.25) is 5.89 Å². The maximum Gasteiger partial charge on any atom is 0.419 e. The molecule has 0 atom stereocenters. The van der Waals surface area contributed by atoms with E-state index in [1.54, 1.807) is 0 Å². The number of carbonyl (C=O) groups is 1. The molecule has 146 valence electrons. The molecule has 9 heteroatoms. The van der Waals surface area contributed by atoms with E-state index >= 15 is 0 Å². The Morgan fingerprint density at radius 3 is 2.46 bits per heavy atom. The van der Waals surface area contributed by atoms with E-state index in [1.165, 1.54) is 30.5 Å². The number of nitrogens with zero attached hydrogens (tertiary/aromatic N) is 1. The van der Waals surface area contributed by atoms with Gasteiger partial charge in [-0.3, -0.25) is 4.79 Å². The third-order valence-corrected chi connectivity index (χ3v) is 3.84. The zero-order valence-electron chi connectivity index (χ0n) is 14.2. The Labute approximate surface area is 156 Å². The van der Waals surface area contributed by atoms with Crippen LogP contribution in [0.1, 0.15) is 21.6 Å². The van der Waals surface area contributed by atoms with Crippen molar-refractivity contribution >= 4 is 5.91 Å². The van der Waals surface area contributed by atoms with Crippen LogP contribution in [0.5, 0.6) is 0 Å². The van der Waals surface area contributed by atoms with Crippen LogP contribution in [0, 0.1) is 11.6 Å². The van der Waals surface area contributed by atoms with Gasteiger partial charge >= 0.3 is 6.18 Å². The second-order valence-corrected chi connectivity index (χ2v) is 5.85. The number of amides is 1. The van der Waals surface area contributed by atoms with Crippen LogP contribution >= 0.6 is 0 Å². The van der Waals surface area contributed by atoms with E-state index in [9.17, 15) is 26.7 Å². The summed E-state index contributed by atoms with van der Waals surface area (Å²) >= 11 is 0. The van der Waals surface area contributed by atoms with Crippen LogP contribution in [0.2, 0.25) is 0 Å². The third-order valence-electron chi connectivity index (χ3n) is 3.84. The smallest absolute Gasteiger partial charge is 0.419 e. The number of oxazole rings is 1. The van der Waals surface area contributed by atoms with Gasteiger partial charge in [0.15, 0.2) is 0 Å². The Bertz CT molecular complexity index is 981. The number of rotatable bonds is 5. The predicted molar refractivity (Wildman–Crippen MR) is 89.3 cm³/mol. The lowest BCUT2D eigenvalue weighted by molar-refractivity contribution is -0.140. The summed E-state index contributed by atoms with van der Waals surface area (Å²) in [5.41, 5.74) is -0.737. The number of alkyl halides is 3. The van der Waals surface area contributed by atoms with Crippen molar-refractivity contribution in [3.63, 3.8) is 0 Å².